The average Bonchev–Trinajstić information content (AvgIpc) is 2.57. The Hall–Kier alpha value is -2.70. The summed E-state index contributed by atoms with van der Waals surface area (Å²) in [6.45, 7) is 0.146. The van der Waals surface area contributed by atoms with Crippen molar-refractivity contribution in [2.45, 2.75) is 0 Å². The Bertz CT molecular complexity index is 707. The molecule has 0 aromatic heterocycles. The highest BCUT2D eigenvalue weighted by Gasteiger charge is 2.18. The number of carbonyl (C=O) groups is 1. The molecule has 0 unspecified atom stereocenters. The second-order valence-electron chi connectivity index (χ2n) is 4.48. The number of hydrogen-bond donors (Lipinski definition) is 1. The van der Waals surface area contributed by atoms with Crippen LogP contribution in [-0.4, -0.2) is 26.2 Å². The maximum absolute atomic E-state index is 13.5. The third kappa shape index (κ3) is 3.94. The molecule has 0 fully saturated rings. The number of para-hydroxylation sites is 2. The Labute approximate surface area is 130 Å². The molecule has 0 spiro atoms. The number of carbonyl (C=O) groups excluding carboxylic acids is 1. The molecular weight excluding hydrogens is 311 g/mol. The van der Waals surface area contributed by atoms with Gasteiger partial charge in [0.25, 0.3) is 5.91 Å². The van der Waals surface area contributed by atoms with Gasteiger partial charge in [-0.3, -0.25) is 4.79 Å². The van der Waals surface area contributed by atoms with E-state index in [0.29, 0.717) is 17.6 Å². The predicted octanol–water partition coefficient (Wildman–Crippen LogP) is 2.92. The van der Waals surface area contributed by atoms with Crippen LogP contribution in [-0.2, 0) is 0 Å². The second-order valence-corrected chi connectivity index (χ2v) is 4.48. The van der Waals surface area contributed by atoms with Gasteiger partial charge in [-0.2, -0.15) is 0 Å². The molecule has 2 aromatic carbocycles. The number of nitrogens with one attached hydrogen (secondary N) is 1. The van der Waals surface area contributed by atoms with Gasteiger partial charge in [0.05, 0.1) is 19.2 Å². The van der Waals surface area contributed by atoms with Gasteiger partial charge in [0.15, 0.2) is 29.0 Å². The Balaban J connectivity index is 1.89. The van der Waals surface area contributed by atoms with E-state index in [-0.39, 0.29) is 13.2 Å². The summed E-state index contributed by atoms with van der Waals surface area (Å²) in [6, 6.07) is 8.51. The lowest BCUT2D eigenvalue weighted by Gasteiger charge is -2.11. The lowest BCUT2D eigenvalue weighted by atomic mass is 10.2. The number of benzene rings is 2. The van der Waals surface area contributed by atoms with Crippen LogP contribution < -0.4 is 14.8 Å². The van der Waals surface area contributed by atoms with E-state index >= 15 is 0 Å². The summed E-state index contributed by atoms with van der Waals surface area (Å²) in [5.74, 6) is -4.38. The van der Waals surface area contributed by atoms with E-state index < -0.39 is 28.9 Å². The SMILES string of the molecule is COc1ccccc1OCCNC(=O)c1ccc(F)c(F)c1F. The molecule has 0 aliphatic carbocycles. The molecule has 7 heteroatoms. The first-order valence-corrected chi connectivity index (χ1v) is 6.72. The van der Waals surface area contributed by atoms with E-state index in [1.54, 1.807) is 24.3 Å². The highest BCUT2D eigenvalue weighted by atomic mass is 19.2. The molecule has 0 atom stereocenters. The molecule has 4 nitrogen and oxygen atoms in total. The average molecular weight is 325 g/mol. The summed E-state index contributed by atoms with van der Waals surface area (Å²) >= 11 is 0. The lowest BCUT2D eigenvalue weighted by molar-refractivity contribution is 0.0941. The maximum Gasteiger partial charge on any atom is 0.254 e. The second kappa shape index (κ2) is 7.53. The zero-order valence-corrected chi connectivity index (χ0v) is 12.2. The molecule has 0 aliphatic heterocycles. The molecule has 23 heavy (non-hydrogen) atoms. The summed E-state index contributed by atoms with van der Waals surface area (Å²) in [4.78, 5) is 11.7. The molecule has 0 saturated heterocycles. The van der Waals surface area contributed by atoms with Crippen LogP contribution in [0.4, 0.5) is 13.2 Å². The van der Waals surface area contributed by atoms with Crippen LogP contribution >= 0.6 is 0 Å². The minimum absolute atomic E-state index is 0.0509. The van der Waals surface area contributed by atoms with Crippen molar-refractivity contribution in [3.8, 4) is 11.5 Å². The minimum atomic E-state index is -1.68. The van der Waals surface area contributed by atoms with Crippen LogP contribution in [0.5, 0.6) is 11.5 Å². The fraction of sp³-hybridized carbons (Fsp3) is 0.188. The number of hydrogen-bond acceptors (Lipinski definition) is 3. The minimum Gasteiger partial charge on any atom is -0.493 e. The normalized spacial score (nSPS) is 10.3. The van der Waals surface area contributed by atoms with Crippen molar-refractivity contribution in [3.05, 3.63) is 59.4 Å². The predicted molar refractivity (Wildman–Crippen MR) is 77.1 cm³/mol. The molecular formula is C16H14F3NO3. The first-order chi connectivity index (χ1) is 11.0. The van der Waals surface area contributed by atoms with Crippen molar-refractivity contribution in [2.24, 2.45) is 0 Å². The van der Waals surface area contributed by atoms with E-state index in [1.165, 1.54) is 7.11 Å². The van der Waals surface area contributed by atoms with Gasteiger partial charge in [0, 0.05) is 0 Å². The number of halogens is 3. The number of ether oxygens (including phenoxy) is 2. The van der Waals surface area contributed by atoms with Crippen molar-refractivity contribution in [3.63, 3.8) is 0 Å². The van der Waals surface area contributed by atoms with Crippen LogP contribution in [0, 0.1) is 17.5 Å². The summed E-state index contributed by atoms with van der Waals surface area (Å²) < 4.78 is 49.9. The smallest absolute Gasteiger partial charge is 0.254 e. The van der Waals surface area contributed by atoms with Gasteiger partial charge >= 0.3 is 0 Å². The molecule has 122 valence electrons. The van der Waals surface area contributed by atoms with Crippen molar-refractivity contribution >= 4 is 5.91 Å². The van der Waals surface area contributed by atoms with Crippen molar-refractivity contribution in [2.75, 3.05) is 20.3 Å². The zero-order chi connectivity index (χ0) is 16.8. The van der Waals surface area contributed by atoms with Crippen LogP contribution in [0.15, 0.2) is 36.4 Å². The van der Waals surface area contributed by atoms with Crippen LogP contribution in [0.2, 0.25) is 0 Å². The number of amides is 1. The quantitative estimate of drug-likeness (QED) is 0.656. The standard InChI is InChI=1S/C16H14F3NO3/c1-22-12-4-2-3-5-13(12)23-9-8-20-16(21)10-6-7-11(17)15(19)14(10)18/h2-7H,8-9H2,1H3,(H,20,21). The summed E-state index contributed by atoms with van der Waals surface area (Å²) in [7, 11) is 1.50. The molecule has 0 heterocycles. The third-order valence-corrected chi connectivity index (χ3v) is 2.99. The van der Waals surface area contributed by atoms with Gasteiger partial charge < -0.3 is 14.8 Å². The van der Waals surface area contributed by atoms with Crippen LogP contribution in [0.1, 0.15) is 10.4 Å². The molecule has 0 bridgehead atoms. The van der Waals surface area contributed by atoms with Gasteiger partial charge in [-0.05, 0) is 24.3 Å². The Morgan fingerprint density at radius 1 is 1.04 bits per heavy atom. The molecule has 2 rings (SSSR count). The van der Waals surface area contributed by atoms with E-state index in [9.17, 15) is 18.0 Å². The van der Waals surface area contributed by atoms with Crippen LogP contribution in [0.3, 0.4) is 0 Å². The van der Waals surface area contributed by atoms with Gasteiger partial charge in [-0.1, -0.05) is 12.1 Å². The number of rotatable bonds is 6. The van der Waals surface area contributed by atoms with Crippen molar-refractivity contribution < 1.29 is 27.4 Å². The molecule has 2 aromatic rings. The molecule has 0 aliphatic rings. The largest absolute Gasteiger partial charge is 0.493 e. The van der Waals surface area contributed by atoms with E-state index in [4.69, 9.17) is 9.47 Å². The van der Waals surface area contributed by atoms with Gasteiger partial charge in [-0.15, -0.1) is 0 Å². The molecule has 0 radical (unpaired) electrons. The first kappa shape index (κ1) is 16.7. The van der Waals surface area contributed by atoms with Crippen molar-refractivity contribution in [1.29, 1.82) is 0 Å². The topological polar surface area (TPSA) is 47.6 Å². The highest BCUT2D eigenvalue weighted by molar-refractivity contribution is 5.94. The Kier molecular flexibility index (Phi) is 5.46. The summed E-state index contributed by atoms with van der Waals surface area (Å²) in [6.07, 6.45) is 0. The summed E-state index contributed by atoms with van der Waals surface area (Å²) in [5.41, 5.74) is -0.568. The summed E-state index contributed by atoms with van der Waals surface area (Å²) in [5, 5.41) is 2.36. The monoisotopic (exact) mass is 325 g/mol. The van der Waals surface area contributed by atoms with Crippen LogP contribution in [0.25, 0.3) is 0 Å². The maximum atomic E-state index is 13.5. The third-order valence-electron chi connectivity index (χ3n) is 2.99. The Morgan fingerprint density at radius 3 is 2.43 bits per heavy atom. The zero-order valence-electron chi connectivity index (χ0n) is 12.2. The highest BCUT2D eigenvalue weighted by Crippen LogP contribution is 2.25. The van der Waals surface area contributed by atoms with E-state index in [1.807, 2.05) is 0 Å². The fourth-order valence-corrected chi connectivity index (χ4v) is 1.86. The molecule has 1 amide bonds. The molecule has 1 N–H and O–H groups in total. The molecule has 0 saturated carbocycles. The van der Waals surface area contributed by atoms with Gasteiger partial charge in [0.2, 0.25) is 0 Å². The fourth-order valence-electron chi connectivity index (χ4n) is 1.86. The van der Waals surface area contributed by atoms with E-state index in [2.05, 4.69) is 5.32 Å². The number of methoxy groups -OCH3 is 1. The first-order valence-electron chi connectivity index (χ1n) is 6.72. The van der Waals surface area contributed by atoms with Crippen molar-refractivity contribution in [1.82, 2.24) is 5.32 Å². The Morgan fingerprint density at radius 2 is 1.74 bits per heavy atom. The van der Waals surface area contributed by atoms with Gasteiger partial charge in [0.1, 0.15) is 6.61 Å². The lowest BCUT2D eigenvalue weighted by Crippen LogP contribution is -2.29. The van der Waals surface area contributed by atoms with E-state index in [0.717, 1.165) is 6.07 Å². The van der Waals surface area contributed by atoms with Gasteiger partial charge in [-0.25, -0.2) is 13.2 Å².